The molecule has 0 amide bonds. The topological polar surface area (TPSA) is 20.2 Å². The number of thiocarbonyl (C=S) groups is 1. The molecule has 3 nitrogen and oxygen atoms in total. The largest absolute Gasteiger partial charge is 0.358 e. The Bertz CT molecular complexity index is 694. The third kappa shape index (κ3) is 3.42. The second-order valence-electron chi connectivity index (χ2n) is 7.31. The first-order chi connectivity index (χ1) is 10.8. The molecule has 0 saturated carbocycles. The average molecular weight is 327 g/mol. The number of aromatic nitrogens is 1. The van der Waals surface area contributed by atoms with Crippen molar-refractivity contribution in [3.63, 3.8) is 0 Å². The maximum atomic E-state index is 5.73. The molecule has 1 atom stereocenters. The van der Waals surface area contributed by atoms with Crippen LogP contribution < -0.4 is 5.32 Å². The first-order valence-corrected chi connectivity index (χ1v) is 8.56. The van der Waals surface area contributed by atoms with Gasteiger partial charge in [-0.2, -0.15) is 0 Å². The summed E-state index contributed by atoms with van der Waals surface area (Å²) in [5.74, 6) is 0. The van der Waals surface area contributed by atoms with Gasteiger partial charge in [0.1, 0.15) is 0 Å². The van der Waals surface area contributed by atoms with E-state index >= 15 is 0 Å². The zero-order valence-corrected chi connectivity index (χ0v) is 15.2. The van der Waals surface area contributed by atoms with Gasteiger partial charge in [0.05, 0.1) is 6.04 Å². The van der Waals surface area contributed by atoms with Crippen LogP contribution in [0.3, 0.4) is 0 Å². The van der Waals surface area contributed by atoms with Gasteiger partial charge in [-0.3, -0.25) is 0 Å². The van der Waals surface area contributed by atoms with E-state index in [1.807, 2.05) is 0 Å². The standard InChI is InChI=1S/C19H25N3S/c1-14-7-9-15(10-8-14)17-16-6-5-11-21(16)12-13-22(17)18(23)20-19(2,3)4/h5-11,17H,12-13H2,1-4H3,(H,20,23)/t17-/m0/s1. The highest BCUT2D eigenvalue weighted by Gasteiger charge is 2.31. The molecular weight excluding hydrogens is 302 g/mol. The van der Waals surface area contributed by atoms with Gasteiger partial charge in [-0.1, -0.05) is 29.8 Å². The molecule has 0 radical (unpaired) electrons. The van der Waals surface area contributed by atoms with Crippen molar-refractivity contribution < 1.29 is 0 Å². The summed E-state index contributed by atoms with van der Waals surface area (Å²) in [6, 6.07) is 13.3. The van der Waals surface area contributed by atoms with Crippen LogP contribution in [-0.2, 0) is 6.54 Å². The third-order valence-corrected chi connectivity index (χ3v) is 4.51. The van der Waals surface area contributed by atoms with Crippen LogP contribution in [0.1, 0.15) is 43.6 Å². The second-order valence-corrected chi connectivity index (χ2v) is 7.70. The van der Waals surface area contributed by atoms with Crippen molar-refractivity contribution in [1.82, 2.24) is 14.8 Å². The summed E-state index contributed by atoms with van der Waals surface area (Å²) in [4.78, 5) is 2.32. The molecule has 1 N–H and O–H groups in total. The van der Waals surface area contributed by atoms with Crippen LogP contribution in [0, 0.1) is 6.92 Å². The van der Waals surface area contributed by atoms with Crippen molar-refractivity contribution in [3.8, 4) is 0 Å². The molecule has 0 fully saturated rings. The summed E-state index contributed by atoms with van der Waals surface area (Å²) >= 11 is 5.73. The summed E-state index contributed by atoms with van der Waals surface area (Å²) in [6.07, 6.45) is 2.16. The zero-order valence-electron chi connectivity index (χ0n) is 14.3. The molecule has 1 aromatic heterocycles. The Morgan fingerprint density at radius 1 is 1.13 bits per heavy atom. The van der Waals surface area contributed by atoms with E-state index in [0.29, 0.717) is 0 Å². The number of rotatable bonds is 1. The first-order valence-electron chi connectivity index (χ1n) is 8.15. The van der Waals surface area contributed by atoms with Crippen LogP contribution in [-0.4, -0.2) is 26.7 Å². The van der Waals surface area contributed by atoms with E-state index in [0.717, 1.165) is 18.2 Å². The number of nitrogens with zero attached hydrogens (tertiary/aromatic N) is 2. The molecule has 0 unspecified atom stereocenters. The third-order valence-electron chi connectivity index (χ3n) is 4.17. The Morgan fingerprint density at radius 2 is 1.83 bits per heavy atom. The number of benzene rings is 1. The number of hydrogen-bond donors (Lipinski definition) is 1. The zero-order chi connectivity index (χ0) is 16.6. The molecule has 2 heterocycles. The second kappa shape index (κ2) is 6.00. The van der Waals surface area contributed by atoms with Crippen molar-refractivity contribution in [1.29, 1.82) is 0 Å². The molecule has 2 aromatic rings. The predicted octanol–water partition coefficient (Wildman–Crippen LogP) is 3.87. The van der Waals surface area contributed by atoms with Crippen molar-refractivity contribution >= 4 is 17.3 Å². The lowest BCUT2D eigenvalue weighted by atomic mass is 9.99. The van der Waals surface area contributed by atoms with Gasteiger partial charge < -0.3 is 14.8 Å². The van der Waals surface area contributed by atoms with Crippen LogP contribution in [0.5, 0.6) is 0 Å². The summed E-state index contributed by atoms with van der Waals surface area (Å²) in [5, 5.41) is 4.30. The minimum absolute atomic E-state index is 0.0334. The predicted molar refractivity (Wildman–Crippen MR) is 99.6 cm³/mol. The molecule has 4 heteroatoms. The van der Waals surface area contributed by atoms with Gasteiger partial charge >= 0.3 is 0 Å². The average Bonchev–Trinajstić information content (AvgIpc) is 2.93. The lowest BCUT2D eigenvalue weighted by Gasteiger charge is -2.40. The van der Waals surface area contributed by atoms with Gasteiger partial charge in [0.2, 0.25) is 0 Å². The first kappa shape index (κ1) is 16.1. The molecule has 1 aliphatic rings. The summed E-state index contributed by atoms with van der Waals surface area (Å²) in [7, 11) is 0. The SMILES string of the molecule is Cc1ccc([C@H]2c3cccn3CCN2C(=S)NC(C)(C)C)cc1. The van der Waals surface area contributed by atoms with Crippen molar-refractivity contribution in [2.75, 3.05) is 6.54 Å². The van der Waals surface area contributed by atoms with Crippen LogP contribution in [0.4, 0.5) is 0 Å². The van der Waals surface area contributed by atoms with Crippen LogP contribution in [0.2, 0.25) is 0 Å². The Morgan fingerprint density at radius 3 is 2.48 bits per heavy atom. The van der Waals surface area contributed by atoms with E-state index in [1.54, 1.807) is 0 Å². The van der Waals surface area contributed by atoms with E-state index in [9.17, 15) is 0 Å². The molecule has 0 bridgehead atoms. The number of nitrogens with one attached hydrogen (secondary N) is 1. The Hall–Kier alpha value is -1.81. The van der Waals surface area contributed by atoms with E-state index in [-0.39, 0.29) is 11.6 Å². The lowest BCUT2D eigenvalue weighted by Crippen LogP contribution is -2.52. The fourth-order valence-corrected chi connectivity index (χ4v) is 3.60. The minimum Gasteiger partial charge on any atom is -0.358 e. The summed E-state index contributed by atoms with van der Waals surface area (Å²) in [5.41, 5.74) is 3.84. The van der Waals surface area contributed by atoms with E-state index < -0.39 is 0 Å². The van der Waals surface area contributed by atoms with Gasteiger partial charge in [0.15, 0.2) is 5.11 Å². The highest BCUT2D eigenvalue weighted by molar-refractivity contribution is 7.80. The minimum atomic E-state index is -0.0334. The van der Waals surface area contributed by atoms with Gasteiger partial charge in [-0.05, 0) is 57.6 Å². The molecule has 1 aliphatic heterocycles. The molecule has 1 aromatic carbocycles. The number of fused-ring (bicyclic) bond motifs is 1. The fraction of sp³-hybridized carbons (Fsp3) is 0.421. The van der Waals surface area contributed by atoms with Crippen molar-refractivity contribution in [2.24, 2.45) is 0 Å². The smallest absolute Gasteiger partial charge is 0.170 e. The van der Waals surface area contributed by atoms with E-state index in [1.165, 1.54) is 16.8 Å². The molecule has 23 heavy (non-hydrogen) atoms. The quantitative estimate of drug-likeness (QED) is 0.803. The molecule has 3 rings (SSSR count). The highest BCUT2D eigenvalue weighted by Crippen LogP contribution is 2.32. The van der Waals surface area contributed by atoms with Crippen molar-refractivity contribution in [3.05, 3.63) is 59.4 Å². The maximum Gasteiger partial charge on any atom is 0.170 e. The number of aryl methyl sites for hydroxylation is 1. The van der Waals surface area contributed by atoms with Gasteiger partial charge in [-0.25, -0.2) is 0 Å². The van der Waals surface area contributed by atoms with Crippen LogP contribution in [0.25, 0.3) is 0 Å². The highest BCUT2D eigenvalue weighted by atomic mass is 32.1. The molecule has 122 valence electrons. The number of hydrogen-bond acceptors (Lipinski definition) is 1. The van der Waals surface area contributed by atoms with E-state index in [4.69, 9.17) is 12.2 Å². The Balaban J connectivity index is 1.98. The van der Waals surface area contributed by atoms with Gasteiger partial charge in [0, 0.05) is 30.5 Å². The lowest BCUT2D eigenvalue weighted by molar-refractivity contribution is 0.278. The fourth-order valence-electron chi connectivity index (χ4n) is 3.09. The molecule has 0 aliphatic carbocycles. The van der Waals surface area contributed by atoms with Crippen molar-refractivity contribution in [2.45, 2.75) is 45.8 Å². The molecule has 0 saturated heterocycles. The maximum absolute atomic E-state index is 5.73. The van der Waals surface area contributed by atoms with Crippen LogP contribution >= 0.6 is 12.2 Å². The summed E-state index contributed by atoms with van der Waals surface area (Å²) < 4.78 is 2.33. The molecular formula is C19H25N3S. The van der Waals surface area contributed by atoms with Gasteiger partial charge in [0.25, 0.3) is 0 Å². The molecule has 0 spiro atoms. The Kier molecular flexibility index (Phi) is 4.19. The van der Waals surface area contributed by atoms with E-state index in [2.05, 4.69) is 85.1 Å². The summed E-state index contributed by atoms with van der Waals surface area (Å²) in [6.45, 7) is 10.4. The van der Waals surface area contributed by atoms with Crippen LogP contribution in [0.15, 0.2) is 42.6 Å². The van der Waals surface area contributed by atoms with Gasteiger partial charge in [-0.15, -0.1) is 0 Å². The monoisotopic (exact) mass is 327 g/mol. The normalized spacial score (nSPS) is 17.7. The Labute approximate surface area is 144 Å².